The van der Waals surface area contributed by atoms with Gasteiger partial charge in [-0.3, -0.25) is 0 Å². The molecule has 15 heterocycles. The first-order chi connectivity index (χ1) is 56.3. The number of pyridine rings is 5. The monoisotopic (exact) mass is 2020 g/mol. The molecule has 0 aromatic carbocycles. The van der Waals surface area contributed by atoms with E-state index in [1.54, 1.807) is 145 Å². The van der Waals surface area contributed by atoms with Gasteiger partial charge in [-0.15, -0.1) is 113 Å². The van der Waals surface area contributed by atoms with E-state index in [2.05, 4.69) is 129 Å². The van der Waals surface area contributed by atoms with E-state index in [0.29, 0.717) is 101 Å². The Morgan fingerprint density at radius 3 is 0.872 bits per heavy atom. The van der Waals surface area contributed by atoms with Gasteiger partial charge in [0.2, 0.25) is 0 Å². The van der Waals surface area contributed by atoms with Crippen LogP contribution in [0.4, 0.5) is 46.0 Å². The second kappa shape index (κ2) is 44.8. The van der Waals surface area contributed by atoms with Gasteiger partial charge >= 0.3 is 0 Å². The number of hydrogen-bond acceptors (Lipinski definition) is 30. The summed E-state index contributed by atoms with van der Waals surface area (Å²) in [4.78, 5) is 48.4. The maximum atomic E-state index is 12.7. The smallest absolute Gasteiger partial charge is 0.131 e. The van der Waals surface area contributed by atoms with Gasteiger partial charge in [0.05, 0.1) is 121 Å². The molecule has 117 heavy (non-hydrogen) atoms. The average Bonchev–Trinajstić information content (AvgIpc) is 1.68. The van der Waals surface area contributed by atoms with Crippen LogP contribution in [0.5, 0.6) is 0 Å². The van der Waals surface area contributed by atoms with Gasteiger partial charge in [0, 0.05) is 162 Å². The van der Waals surface area contributed by atoms with Gasteiger partial charge < -0.3 is 55.3 Å². The summed E-state index contributed by atoms with van der Waals surface area (Å²) in [5, 5.41) is 34.1. The van der Waals surface area contributed by atoms with Crippen LogP contribution in [0.1, 0.15) is 80.8 Å². The summed E-state index contributed by atoms with van der Waals surface area (Å²) in [5.41, 5.74) is 40.0. The van der Waals surface area contributed by atoms with Crippen LogP contribution in [0.25, 0.3) is 51.1 Å². The van der Waals surface area contributed by atoms with Crippen molar-refractivity contribution in [2.45, 2.75) is 129 Å². The summed E-state index contributed by atoms with van der Waals surface area (Å²) in [7, 11) is 0. The van der Waals surface area contributed by atoms with Crippen LogP contribution in [-0.2, 0) is 64.8 Å². The van der Waals surface area contributed by atoms with Gasteiger partial charge in [-0.2, -0.15) is 0 Å². The Labute approximate surface area is 759 Å². The highest BCUT2D eigenvalue weighted by molar-refractivity contribution is 9.11. The summed E-state index contributed by atoms with van der Waals surface area (Å²) < 4.78 is 57.4. The van der Waals surface area contributed by atoms with Crippen LogP contribution in [0.3, 0.4) is 0 Å². The fraction of sp³-hybridized carbons (Fsp3) is 0.333. The molecule has 0 radical (unpaired) electrons. The first kappa shape index (κ1) is 92.6. The molecule has 0 aliphatic carbocycles. The quantitative estimate of drug-likeness (QED) is 0.0143. The maximum Gasteiger partial charge on any atom is 0.131 e. The lowest BCUT2D eigenvalue weighted by atomic mass is 10.0. The minimum atomic E-state index is -0.589. The molecule has 15 aromatic heterocycles. The summed E-state index contributed by atoms with van der Waals surface area (Å²) in [5.74, 6) is 0.604. The molecule has 15 rings (SSSR count). The predicted octanol–water partition coefficient (Wildman–Crippen LogP) is 23.2. The number of anilines is 5. The minimum Gasteiger partial charge on any atom is -0.377 e. The Morgan fingerprint density at radius 2 is 0.590 bits per heavy atom. The molecule has 0 fully saturated rings. The third kappa shape index (κ3) is 25.6. The van der Waals surface area contributed by atoms with Crippen molar-refractivity contribution in [3.8, 4) is 0 Å². The number of hydrogen-bond donors (Lipinski definition) is 10. The molecular formula is C75H78Br2Cl6F4N20S10. The second-order valence-corrected chi connectivity index (χ2v) is 41.0. The molecule has 15 aromatic rings. The highest BCUT2D eigenvalue weighted by Crippen LogP contribution is 2.45. The Bertz CT molecular complexity index is 5130. The van der Waals surface area contributed by atoms with E-state index in [4.69, 9.17) is 98.3 Å². The SMILES string of the molecule is Cc1c(C[C@@H](N)CC(C)C)sc2c(NCc3nccs3)cc(Cl)nc12.Cc1c(C[C@@H](N)CF)sc2c(NCc3nccs3)cc(Cl)nc12.N[C@@H](CF)Cc1sc2c(NCc3nccs3)cc(Cl)nc2c1Br.N[C@@H](CF)Cc1sc2c(NCc3nccs3)cc(Cl)nc2c1Br.N[C@@H](CF)Cc1sc2c(NCc3nccs3)cc(Cl)nc2c1Cl. The van der Waals surface area contributed by atoms with Crippen molar-refractivity contribution in [1.29, 1.82) is 0 Å². The molecule has 5 atom stereocenters. The number of halogens is 12. The van der Waals surface area contributed by atoms with Crippen molar-refractivity contribution >= 4 is 294 Å². The van der Waals surface area contributed by atoms with E-state index in [0.717, 1.165) is 146 Å². The maximum absolute atomic E-state index is 12.7. The molecule has 0 aliphatic rings. The molecular weight excluding hydrogens is 1950 g/mol. The number of rotatable bonds is 31. The standard InChI is InChI=1S/C18H23ClN4S2.C15H16ClFN4S2.2C14H13BrClFN4S2.C14H13Cl2FN4S2/c1-10(2)6-12(20)7-14-11(3)17-18(25-14)13(8-15(19)23-17)22-9-16-21-4-5-24-16;1-8-11(4-9(18)6-17)23-15-10(5-12(16)21-14(8)15)20-7-13-19-2-3-22-13;2*15-12-9(3-7(18)5-17)23-14-8(4-10(16)21-13(12)14)20-6-11-19-1-2-22-11;15-10-4-8(20-6-11-19-1-2-22-11)14-13(21-10)12(16)9(23-14)3-7(18)5-17/h4-5,8,10,12H,6-7,9,20H2,1-3H3,(H,22,23);2-3,5,9H,4,6-7,18H2,1H3,(H,20,21);3*1-2,4,7H,3,5-6,18H2,(H,20,21)/t12-;9-;3*7-/m01111/s1. The van der Waals surface area contributed by atoms with E-state index in [-0.39, 0.29) is 6.04 Å². The fourth-order valence-electron chi connectivity index (χ4n) is 11.6. The predicted molar refractivity (Wildman–Crippen MR) is 502 cm³/mol. The Balaban J connectivity index is 0.000000144. The van der Waals surface area contributed by atoms with Crippen LogP contribution in [0.2, 0.25) is 30.8 Å². The lowest BCUT2D eigenvalue weighted by Crippen LogP contribution is -2.24. The highest BCUT2D eigenvalue weighted by atomic mass is 79.9. The molecule has 622 valence electrons. The molecule has 0 aliphatic heterocycles. The zero-order valence-corrected chi connectivity index (χ0v) is 78.6. The zero-order valence-electron chi connectivity index (χ0n) is 62.7. The van der Waals surface area contributed by atoms with E-state index in [9.17, 15) is 17.6 Å². The van der Waals surface area contributed by atoms with E-state index in [1.165, 1.54) is 21.8 Å². The van der Waals surface area contributed by atoms with Gasteiger partial charge in [0.1, 0.15) is 83.0 Å². The van der Waals surface area contributed by atoms with Crippen molar-refractivity contribution in [3.05, 3.63) is 189 Å². The van der Waals surface area contributed by atoms with E-state index < -0.39 is 50.9 Å². The number of nitrogens with zero attached hydrogens (tertiary/aromatic N) is 10. The lowest BCUT2D eigenvalue weighted by Gasteiger charge is -2.13. The van der Waals surface area contributed by atoms with Crippen molar-refractivity contribution in [1.82, 2.24) is 49.8 Å². The van der Waals surface area contributed by atoms with Gasteiger partial charge in [0.25, 0.3) is 0 Å². The van der Waals surface area contributed by atoms with Crippen molar-refractivity contribution in [3.63, 3.8) is 0 Å². The largest absolute Gasteiger partial charge is 0.377 e. The Kier molecular flexibility index (Phi) is 35.5. The third-order valence-corrected chi connectivity index (χ3v) is 31.1. The van der Waals surface area contributed by atoms with Crippen LogP contribution in [0, 0.1) is 19.8 Å². The molecule has 15 N–H and O–H groups in total. The van der Waals surface area contributed by atoms with Crippen LogP contribution >= 0.6 is 215 Å². The average molecular weight is 2030 g/mol. The molecule has 42 heteroatoms. The summed E-state index contributed by atoms with van der Waals surface area (Å²) in [6, 6.07) is 7.14. The molecule has 20 nitrogen and oxygen atoms in total. The van der Waals surface area contributed by atoms with Crippen molar-refractivity contribution < 1.29 is 17.6 Å². The van der Waals surface area contributed by atoms with Crippen molar-refractivity contribution in [2.24, 2.45) is 34.6 Å². The van der Waals surface area contributed by atoms with Gasteiger partial charge in [-0.25, -0.2) is 67.4 Å². The summed E-state index contributed by atoms with van der Waals surface area (Å²) in [6.45, 7) is 9.41. The Morgan fingerprint density at radius 1 is 0.350 bits per heavy atom. The summed E-state index contributed by atoms with van der Waals surface area (Å²) in [6.07, 6.45) is 12.6. The number of nitrogens with two attached hydrogens (primary N) is 5. The third-order valence-electron chi connectivity index (χ3n) is 17.1. The number of alkyl halides is 4. The lowest BCUT2D eigenvalue weighted by molar-refractivity contribution is 0.428. The highest BCUT2D eigenvalue weighted by Gasteiger charge is 2.24. The van der Waals surface area contributed by atoms with Gasteiger partial charge in [-0.05, 0) is 82.0 Å². The topological polar surface area (TPSA) is 319 Å². The molecule has 0 bridgehead atoms. The molecule has 0 saturated heterocycles. The molecule has 0 amide bonds. The van der Waals surface area contributed by atoms with Crippen LogP contribution < -0.4 is 55.3 Å². The number of aryl methyl sites for hydroxylation is 2. The molecule has 0 spiro atoms. The molecule has 0 unspecified atom stereocenters. The zero-order chi connectivity index (χ0) is 83.6. The number of fused-ring (bicyclic) bond motifs is 5. The minimum absolute atomic E-state index is 0.175. The van der Waals surface area contributed by atoms with Crippen molar-refractivity contribution in [2.75, 3.05) is 53.3 Å². The van der Waals surface area contributed by atoms with Gasteiger partial charge in [0.15, 0.2) is 0 Å². The van der Waals surface area contributed by atoms with Crippen LogP contribution in [0.15, 0.2) is 97.2 Å². The summed E-state index contributed by atoms with van der Waals surface area (Å²) >= 11 is 60.1. The molecule has 0 saturated carbocycles. The number of nitrogens with one attached hydrogen (secondary N) is 5. The fourth-order valence-corrected chi connectivity index (χ4v) is 23.7. The normalized spacial score (nSPS) is 12.7. The number of thiazole rings is 5. The van der Waals surface area contributed by atoms with Gasteiger partial charge in [-0.1, -0.05) is 83.5 Å². The number of thiophene rings is 5. The first-order valence-electron chi connectivity index (χ1n) is 35.9. The van der Waals surface area contributed by atoms with Crippen LogP contribution in [-0.4, -0.2) is 107 Å². The first-order valence-corrected chi connectivity index (χ1v) is 48.2. The number of aromatic nitrogens is 10. The van der Waals surface area contributed by atoms with E-state index in [1.807, 2.05) is 52.2 Å². The van der Waals surface area contributed by atoms with E-state index >= 15 is 0 Å². The second-order valence-electron chi connectivity index (χ2n) is 26.6. The Hall–Kier alpha value is -5.08.